The van der Waals surface area contributed by atoms with Crippen LogP contribution in [-0.4, -0.2) is 28.6 Å². The van der Waals surface area contributed by atoms with Gasteiger partial charge >= 0.3 is 8.80 Å². The first kappa shape index (κ1) is 16.1. The highest BCUT2D eigenvalue weighted by molar-refractivity contribution is 6.60. The molecule has 0 spiro atoms. The number of hydrogen-bond acceptors (Lipinski definition) is 3. The third kappa shape index (κ3) is 6.63. The second-order valence-electron chi connectivity index (χ2n) is 3.73. The monoisotopic (exact) mass is 245 g/mol. The molecule has 0 unspecified atom stereocenters. The summed E-state index contributed by atoms with van der Waals surface area (Å²) in [5.41, 5.74) is 0. The minimum Gasteiger partial charge on any atom is -0.373 e. The maximum Gasteiger partial charge on any atom is 0.500 e. The van der Waals surface area contributed by atoms with Crippen LogP contribution in [0.1, 0.15) is 46.5 Å². The molecule has 4 heteroatoms. The molecular formula is C12H25O3Si. The van der Waals surface area contributed by atoms with Gasteiger partial charge in [-0.15, -0.1) is 0 Å². The lowest BCUT2D eigenvalue weighted by atomic mass is 10.5. The Balaban J connectivity index is 4.32. The third-order valence-corrected chi connectivity index (χ3v) is 4.80. The molecule has 3 nitrogen and oxygen atoms in total. The average molecular weight is 245 g/mol. The van der Waals surface area contributed by atoms with Gasteiger partial charge in [-0.2, -0.15) is 0 Å². The number of hydrogen-bond donors (Lipinski definition) is 0. The van der Waals surface area contributed by atoms with Crippen LogP contribution in [0.5, 0.6) is 0 Å². The van der Waals surface area contributed by atoms with Gasteiger partial charge in [0, 0.05) is 25.9 Å². The summed E-state index contributed by atoms with van der Waals surface area (Å²) in [7, 11) is -2.55. The van der Waals surface area contributed by atoms with E-state index in [-0.39, 0.29) is 0 Å². The molecular weight excluding hydrogens is 220 g/mol. The van der Waals surface area contributed by atoms with Crippen LogP contribution in [0, 0.1) is 6.92 Å². The van der Waals surface area contributed by atoms with Crippen LogP contribution in [0.2, 0.25) is 6.04 Å². The molecule has 0 amide bonds. The summed E-state index contributed by atoms with van der Waals surface area (Å²) < 4.78 is 17.4. The van der Waals surface area contributed by atoms with Crippen LogP contribution >= 0.6 is 0 Å². The van der Waals surface area contributed by atoms with Crippen molar-refractivity contribution in [3.63, 3.8) is 0 Å². The second kappa shape index (κ2) is 10.3. The first-order valence-corrected chi connectivity index (χ1v) is 8.24. The van der Waals surface area contributed by atoms with Gasteiger partial charge in [0.15, 0.2) is 0 Å². The van der Waals surface area contributed by atoms with Crippen LogP contribution in [0.3, 0.4) is 0 Å². The van der Waals surface area contributed by atoms with Gasteiger partial charge in [-0.1, -0.05) is 20.8 Å². The van der Waals surface area contributed by atoms with Crippen molar-refractivity contribution in [3.05, 3.63) is 6.92 Å². The van der Waals surface area contributed by atoms with Crippen molar-refractivity contribution >= 4 is 8.80 Å². The fraction of sp³-hybridized carbons (Fsp3) is 0.917. The van der Waals surface area contributed by atoms with Crippen LogP contribution in [0.15, 0.2) is 0 Å². The van der Waals surface area contributed by atoms with E-state index >= 15 is 0 Å². The molecule has 0 heterocycles. The Morgan fingerprint density at radius 3 is 1.44 bits per heavy atom. The lowest BCUT2D eigenvalue weighted by Gasteiger charge is -2.29. The van der Waals surface area contributed by atoms with Crippen molar-refractivity contribution in [1.29, 1.82) is 0 Å². The van der Waals surface area contributed by atoms with E-state index in [1.165, 1.54) is 0 Å². The van der Waals surface area contributed by atoms with Gasteiger partial charge in [-0.3, -0.25) is 0 Å². The van der Waals surface area contributed by atoms with Crippen molar-refractivity contribution in [1.82, 2.24) is 0 Å². The van der Waals surface area contributed by atoms with E-state index in [1.807, 2.05) is 0 Å². The van der Waals surface area contributed by atoms with E-state index in [0.29, 0.717) is 32.3 Å². The fourth-order valence-corrected chi connectivity index (χ4v) is 3.80. The van der Waals surface area contributed by atoms with Crippen molar-refractivity contribution < 1.29 is 13.3 Å². The van der Waals surface area contributed by atoms with Crippen LogP contribution in [0.4, 0.5) is 0 Å². The SMILES string of the molecule is [C]CC[Si](OCCC)(OCCC)OCCC. The number of rotatable bonds is 11. The molecule has 0 aromatic carbocycles. The van der Waals surface area contributed by atoms with Gasteiger partial charge in [0.25, 0.3) is 0 Å². The van der Waals surface area contributed by atoms with Crippen LogP contribution in [0.25, 0.3) is 0 Å². The summed E-state index contributed by atoms with van der Waals surface area (Å²) in [5, 5.41) is 0. The molecule has 0 bridgehead atoms. The Morgan fingerprint density at radius 2 is 1.19 bits per heavy atom. The molecule has 0 fully saturated rings. The van der Waals surface area contributed by atoms with Gasteiger partial charge < -0.3 is 13.3 Å². The minimum absolute atomic E-state index is 0.309. The highest BCUT2D eigenvalue weighted by atomic mass is 28.4. The molecule has 3 radical (unpaired) electrons. The smallest absolute Gasteiger partial charge is 0.373 e. The molecule has 0 N–H and O–H groups in total. The lowest BCUT2D eigenvalue weighted by molar-refractivity contribution is 0.0594. The van der Waals surface area contributed by atoms with E-state index < -0.39 is 8.80 Å². The average Bonchev–Trinajstić information content (AvgIpc) is 2.31. The molecule has 0 aliphatic heterocycles. The van der Waals surface area contributed by atoms with Crippen LogP contribution in [-0.2, 0) is 13.3 Å². The minimum atomic E-state index is -2.55. The molecule has 0 aliphatic rings. The van der Waals surface area contributed by atoms with Crippen molar-refractivity contribution in [2.24, 2.45) is 0 Å². The predicted molar refractivity (Wildman–Crippen MR) is 67.2 cm³/mol. The standard InChI is InChI=1S/C12H25O3Si/c1-5-9-13-16(12-8-4,14-10-6-2)15-11-7-3/h5-12H2,1-3H3. The summed E-state index contributed by atoms with van der Waals surface area (Å²) >= 11 is 0. The second-order valence-corrected chi connectivity index (χ2v) is 6.46. The van der Waals surface area contributed by atoms with Gasteiger partial charge in [0.05, 0.1) is 0 Å². The molecule has 0 saturated heterocycles. The molecule has 16 heavy (non-hydrogen) atoms. The maximum absolute atomic E-state index is 7.36. The molecule has 0 rings (SSSR count). The van der Waals surface area contributed by atoms with Gasteiger partial charge in [0.1, 0.15) is 0 Å². The van der Waals surface area contributed by atoms with E-state index in [9.17, 15) is 0 Å². The zero-order valence-electron chi connectivity index (χ0n) is 10.9. The van der Waals surface area contributed by atoms with Crippen molar-refractivity contribution in [3.8, 4) is 0 Å². The summed E-state index contributed by atoms with van der Waals surface area (Å²) in [6, 6.07) is 0.604. The van der Waals surface area contributed by atoms with Crippen molar-refractivity contribution in [2.45, 2.75) is 52.5 Å². The first-order valence-electron chi connectivity index (χ1n) is 6.31. The summed E-state index contributed by atoms with van der Waals surface area (Å²) in [6.45, 7) is 15.6. The van der Waals surface area contributed by atoms with Crippen LogP contribution < -0.4 is 0 Å². The summed E-state index contributed by atoms with van der Waals surface area (Å²) in [5.74, 6) is 0. The maximum atomic E-state index is 7.36. The van der Waals surface area contributed by atoms with E-state index in [4.69, 9.17) is 20.2 Å². The van der Waals surface area contributed by atoms with E-state index in [1.54, 1.807) is 0 Å². The highest BCUT2D eigenvalue weighted by Crippen LogP contribution is 2.18. The quantitative estimate of drug-likeness (QED) is 0.523. The summed E-state index contributed by atoms with van der Waals surface area (Å²) in [6.07, 6.45) is 3.18. The topological polar surface area (TPSA) is 27.7 Å². The zero-order valence-corrected chi connectivity index (χ0v) is 11.9. The zero-order chi connectivity index (χ0) is 12.3. The molecule has 0 aromatic heterocycles. The van der Waals surface area contributed by atoms with E-state index in [2.05, 4.69) is 20.8 Å². The molecule has 95 valence electrons. The molecule has 0 atom stereocenters. The van der Waals surface area contributed by atoms with Crippen molar-refractivity contribution in [2.75, 3.05) is 19.8 Å². The fourth-order valence-electron chi connectivity index (χ4n) is 1.27. The molecule has 0 aliphatic carbocycles. The highest BCUT2D eigenvalue weighted by Gasteiger charge is 2.39. The molecule has 0 aromatic rings. The van der Waals surface area contributed by atoms with Gasteiger partial charge in [-0.05, 0) is 32.6 Å². The Kier molecular flexibility index (Phi) is 10.3. The Bertz CT molecular complexity index is 131. The molecule has 0 saturated carbocycles. The predicted octanol–water partition coefficient (Wildman–Crippen LogP) is 3.18. The Labute approximate surface area is 102 Å². The van der Waals surface area contributed by atoms with Gasteiger partial charge in [-0.25, -0.2) is 0 Å². The van der Waals surface area contributed by atoms with E-state index in [0.717, 1.165) is 19.3 Å². The Morgan fingerprint density at radius 1 is 0.812 bits per heavy atom. The first-order chi connectivity index (χ1) is 7.74. The lowest BCUT2D eigenvalue weighted by Crippen LogP contribution is -2.46. The van der Waals surface area contributed by atoms with Gasteiger partial charge in [0.2, 0.25) is 0 Å². The Hall–Kier alpha value is 0.0969. The summed E-state index contributed by atoms with van der Waals surface area (Å²) in [4.78, 5) is 0. The third-order valence-electron chi connectivity index (χ3n) is 2.01. The normalized spacial score (nSPS) is 12.0. The largest absolute Gasteiger partial charge is 0.500 e.